The van der Waals surface area contributed by atoms with Crippen molar-refractivity contribution in [1.82, 2.24) is 9.03 Å². The van der Waals surface area contributed by atoms with E-state index in [1.54, 1.807) is 6.07 Å². The van der Waals surface area contributed by atoms with E-state index in [-0.39, 0.29) is 12.6 Å². The van der Waals surface area contributed by atoms with Crippen LogP contribution < -0.4 is 10.5 Å². The lowest BCUT2D eigenvalue weighted by molar-refractivity contribution is 0.254. The Morgan fingerprint density at radius 3 is 2.89 bits per heavy atom. The molecule has 1 aromatic rings. The predicted molar refractivity (Wildman–Crippen MR) is 72.6 cm³/mol. The number of furan rings is 1. The van der Waals surface area contributed by atoms with Gasteiger partial charge in [-0.25, -0.2) is 0 Å². The molecular formula is C12H21N3O3S. The van der Waals surface area contributed by atoms with Gasteiger partial charge in [-0.15, -0.1) is 0 Å². The molecule has 1 unspecified atom stereocenters. The molecule has 0 spiro atoms. The summed E-state index contributed by atoms with van der Waals surface area (Å²) < 4.78 is 33.9. The number of hydrogen-bond donors (Lipinski definition) is 2. The minimum atomic E-state index is -3.49. The van der Waals surface area contributed by atoms with E-state index in [0.29, 0.717) is 18.8 Å². The Kier molecular flexibility index (Phi) is 4.62. The number of rotatable bonds is 5. The third kappa shape index (κ3) is 3.56. The van der Waals surface area contributed by atoms with Crippen LogP contribution in [0.1, 0.15) is 30.8 Å². The first-order valence-corrected chi connectivity index (χ1v) is 7.99. The van der Waals surface area contributed by atoms with Crippen molar-refractivity contribution in [3.8, 4) is 0 Å². The van der Waals surface area contributed by atoms with Crippen LogP contribution in [-0.2, 0) is 16.8 Å². The Morgan fingerprint density at radius 1 is 1.47 bits per heavy atom. The van der Waals surface area contributed by atoms with Crippen LogP contribution in [0.25, 0.3) is 0 Å². The van der Waals surface area contributed by atoms with Crippen LogP contribution in [-0.4, -0.2) is 31.9 Å². The van der Waals surface area contributed by atoms with Gasteiger partial charge in [0.2, 0.25) is 0 Å². The lowest BCUT2D eigenvalue weighted by Crippen LogP contribution is -2.51. The van der Waals surface area contributed by atoms with Crippen LogP contribution >= 0.6 is 0 Å². The first kappa shape index (κ1) is 14.5. The van der Waals surface area contributed by atoms with Gasteiger partial charge in [0.25, 0.3) is 10.2 Å². The zero-order chi connectivity index (χ0) is 13.9. The molecule has 1 saturated heterocycles. The fourth-order valence-corrected chi connectivity index (χ4v) is 3.80. The molecule has 0 saturated carbocycles. The van der Waals surface area contributed by atoms with Crippen molar-refractivity contribution in [3.63, 3.8) is 0 Å². The molecule has 1 aromatic heterocycles. The summed E-state index contributed by atoms with van der Waals surface area (Å²) in [5, 5.41) is 0. The highest BCUT2D eigenvalue weighted by Gasteiger charge is 2.31. The Balaban J connectivity index is 2.00. The SMILES string of the molecule is Cc1ccc(CNS(=O)(=O)N2CCCCC2CN)o1. The van der Waals surface area contributed by atoms with Gasteiger partial charge in [-0.2, -0.15) is 17.4 Å². The van der Waals surface area contributed by atoms with E-state index < -0.39 is 10.2 Å². The lowest BCUT2D eigenvalue weighted by Gasteiger charge is -2.33. The second-order valence-electron chi connectivity index (χ2n) is 4.83. The highest BCUT2D eigenvalue weighted by Crippen LogP contribution is 2.19. The summed E-state index contributed by atoms with van der Waals surface area (Å²) in [6.07, 6.45) is 2.75. The maximum Gasteiger partial charge on any atom is 0.280 e. The summed E-state index contributed by atoms with van der Waals surface area (Å²) in [5.41, 5.74) is 5.65. The quantitative estimate of drug-likeness (QED) is 0.836. The van der Waals surface area contributed by atoms with Gasteiger partial charge in [0.05, 0.1) is 6.54 Å². The average Bonchev–Trinajstić information content (AvgIpc) is 2.82. The third-order valence-corrected chi connectivity index (χ3v) is 4.99. The minimum Gasteiger partial charge on any atom is -0.465 e. The van der Waals surface area contributed by atoms with E-state index >= 15 is 0 Å². The highest BCUT2D eigenvalue weighted by atomic mass is 32.2. The number of nitrogens with zero attached hydrogens (tertiary/aromatic N) is 1. The lowest BCUT2D eigenvalue weighted by atomic mass is 10.1. The van der Waals surface area contributed by atoms with Gasteiger partial charge < -0.3 is 10.2 Å². The molecule has 2 rings (SSSR count). The number of aryl methyl sites for hydroxylation is 1. The molecule has 7 heteroatoms. The first-order chi connectivity index (χ1) is 9.03. The molecule has 1 aliphatic rings. The molecule has 0 bridgehead atoms. The van der Waals surface area contributed by atoms with E-state index in [2.05, 4.69) is 4.72 Å². The largest absolute Gasteiger partial charge is 0.465 e. The standard InChI is InChI=1S/C12H21N3O3S/c1-10-5-6-12(18-10)9-14-19(16,17)15-7-3-2-4-11(15)8-13/h5-6,11,14H,2-4,7-9,13H2,1H3. The monoisotopic (exact) mass is 287 g/mol. The van der Waals surface area contributed by atoms with Crippen molar-refractivity contribution in [1.29, 1.82) is 0 Å². The molecule has 0 radical (unpaired) electrons. The summed E-state index contributed by atoms with van der Waals surface area (Å²) in [6, 6.07) is 3.49. The Hall–Kier alpha value is -0.890. The van der Waals surface area contributed by atoms with Crippen LogP contribution in [0, 0.1) is 6.92 Å². The molecule has 0 aromatic carbocycles. The molecular weight excluding hydrogens is 266 g/mol. The summed E-state index contributed by atoms with van der Waals surface area (Å²) in [5.74, 6) is 1.38. The molecule has 0 amide bonds. The van der Waals surface area contributed by atoms with Crippen molar-refractivity contribution in [2.45, 2.75) is 38.8 Å². The Bertz CT molecular complexity index is 512. The van der Waals surface area contributed by atoms with Crippen LogP contribution in [0.4, 0.5) is 0 Å². The smallest absolute Gasteiger partial charge is 0.280 e. The van der Waals surface area contributed by atoms with E-state index in [4.69, 9.17) is 10.2 Å². The fourth-order valence-electron chi connectivity index (χ4n) is 2.35. The third-order valence-electron chi connectivity index (χ3n) is 3.38. The van der Waals surface area contributed by atoms with Crippen LogP contribution in [0.15, 0.2) is 16.5 Å². The van der Waals surface area contributed by atoms with Crippen molar-refractivity contribution in [2.24, 2.45) is 5.73 Å². The molecule has 1 fully saturated rings. The zero-order valence-electron chi connectivity index (χ0n) is 11.1. The van der Waals surface area contributed by atoms with Gasteiger partial charge in [0.15, 0.2) is 0 Å². The molecule has 3 N–H and O–H groups in total. The van der Waals surface area contributed by atoms with E-state index in [9.17, 15) is 8.42 Å². The van der Waals surface area contributed by atoms with Gasteiger partial charge in [-0.1, -0.05) is 6.42 Å². The average molecular weight is 287 g/mol. The van der Waals surface area contributed by atoms with Gasteiger partial charge in [-0.3, -0.25) is 0 Å². The van der Waals surface area contributed by atoms with Crippen molar-refractivity contribution in [2.75, 3.05) is 13.1 Å². The van der Waals surface area contributed by atoms with Gasteiger partial charge >= 0.3 is 0 Å². The highest BCUT2D eigenvalue weighted by molar-refractivity contribution is 7.87. The number of piperidine rings is 1. The van der Waals surface area contributed by atoms with Gasteiger partial charge in [0, 0.05) is 19.1 Å². The van der Waals surface area contributed by atoms with Crippen molar-refractivity contribution >= 4 is 10.2 Å². The maximum atomic E-state index is 12.3. The number of nitrogens with one attached hydrogen (secondary N) is 1. The van der Waals surface area contributed by atoms with Crippen molar-refractivity contribution < 1.29 is 12.8 Å². The summed E-state index contributed by atoms with van der Waals surface area (Å²) >= 11 is 0. The Morgan fingerprint density at radius 2 is 2.26 bits per heavy atom. The number of hydrogen-bond acceptors (Lipinski definition) is 4. The summed E-state index contributed by atoms with van der Waals surface area (Å²) in [6.45, 7) is 2.90. The summed E-state index contributed by atoms with van der Waals surface area (Å²) in [4.78, 5) is 0. The maximum absolute atomic E-state index is 12.3. The van der Waals surface area contributed by atoms with Gasteiger partial charge in [0.1, 0.15) is 11.5 Å². The second kappa shape index (κ2) is 6.04. The first-order valence-electron chi connectivity index (χ1n) is 6.55. The van der Waals surface area contributed by atoms with E-state index in [0.717, 1.165) is 25.0 Å². The topological polar surface area (TPSA) is 88.6 Å². The molecule has 2 heterocycles. The van der Waals surface area contributed by atoms with Gasteiger partial charge in [-0.05, 0) is 31.9 Å². The van der Waals surface area contributed by atoms with Crippen molar-refractivity contribution in [3.05, 3.63) is 23.7 Å². The molecule has 0 aliphatic carbocycles. The molecule has 19 heavy (non-hydrogen) atoms. The molecule has 6 nitrogen and oxygen atoms in total. The predicted octanol–water partition coefficient (Wildman–Crippen LogP) is 0.736. The van der Waals surface area contributed by atoms with Crippen LogP contribution in [0.3, 0.4) is 0 Å². The molecule has 1 atom stereocenters. The van der Waals surface area contributed by atoms with Crippen LogP contribution in [0.5, 0.6) is 0 Å². The minimum absolute atomic E-state index is 0.0930. The number of nitrogens with two attached hydrogens (primary N) is 1. The fraction of sp³-hybridized carbons (Fsp3) is 0.667. The molecule has 108 valence electrons. The van der Waals surface area contributed by atoms with E-state index in [1.165, 1.54) is 4.31 Å². The molecule has 1 aliphatic heterocycles. The normalized spacial score (nSPS) is 21.7. The Labute approximate surface area is 114 Å². The van der Waals surface area contributed by atoms with Crippen LogP contribution in [0.2, 0.25) is 0 Å². The zero-order valence-corrected chi connectivity index (χ0v) is 11.9. The second-order valence-corrected chi connectivity index (χ2v) is 6.54. The summed E-state index contributed by atoms with van der Waals surface area (Å²) in [7, 11) is -3.49. The van der Waals surface area contributed by atoms with E-state index in [1.807, 2.05) is 13.0 Å².